The van der Waals surface area contributed by atoms with E-state index in [0.29, 0.717) is 6.42 Å². The maximum Gasteiger partial charge on any atom is 0.241 e. The van der Waals surface area contributed by atoms with Crippen LogP contribution in [-0.2, 0) is 19.9 Å². The van der Waals surface area contributed by atoms with Crippen LogP contribution in [0.4, 0.5) is 0 Å². The van der Waals surface area contributed by atoms with Crippen molar-refractivity contribution in [2.45, 2.75) is 42.5 Å². The molecule has 1 unspecified atom stereocenters. The van der Waals surface area contributed by atoms with Crippen molar-refractivity contribution in [2.75, 3.05) is 12.8 Å². The van der Waals surface area contributed by atoms with Crippen LogP contribution in [0.2, 0.25) is 0 Å². The zero-order valence-electron chi connectivity index (χ0n) is 13.7. The summed E-state index contributed by atoms with van der Waals surface area (Å²) in [6.45, 7) is 5.85. The second-order valence-corrected chi connectivity index (χ2v) is 9.91. The lowest BCUT2D eigenvalue weighted by atomic mass is 9.92. The van der Waals surface area contributed by atoms with Gasteiger partial charge in [-0.05, 0) is 37.5 Å². The fourth-order valence-electron chi connectivity index (χ4n) is 2.32. The molecule has 1 atom stereocenters. The number of sulfonamides is 1. The lowest BCUT2D eigenvalue weighted by Gasteiger charge is -2.30. The van der Waals surface area contributed by atoms with E-state index < -0.39 is 25.4 Å². The normalized spacial score (nSPS) is 15.0. The SMILES string of the molecule is CC(C)CC(C)(CN)NS(=O)(=O)c1cccc(S(C)(=O)=O)c1.Cl. The molecule has 0 aliphatic carbocycles. The summed E-state index contributed by atoms with van der Waals surface area (Å²) in [6.07, 6.45) is 1.61. The molecule has 0 fully saturated rings. The average Bonchev–Trinajstić information content (AvgIpc) is 2.36. The van der Waals surface area contributed by atoms with Gasteiger partial charge in [0.1, 0.15) is 0 Å². The standard InChI is InChI=1S/C14H24N2O4S2.ClH/c1-11(2)9-14(3,10-15)16-22(19,20)13-7-5-6-12(8-13)21(4,17)18;/h5-8,11,16H,9-10,15H2,1-4H3;1H. The summed E-state index contributed by atoms with van der Waals surface area (Å²) in [5.41, 5.74) is 4.93. The first-order valence-electron chi connectivity index (χ1n) is 6.94. The van der Waals surface area contributed by atoms with Gasteiger partial charge < -0.3 is 5.73 Å². The zero-order chi connectivity index (χ0) is 17.2. The molecule has 0 saturated heterocycles. The van der Waals surface area contributed by atoms with Gasteiger partial charge in [-0.15, -0.1) is 12.4 Å². The second kappa shape index (κ2) is 7.94. The molecule has 1 aromatic carbocycles. The van der Waals surface area contributed by atoms with E-state index in [1.165, 1.54) is 18.2 Å². The van der Waals surface area contributed by atoms with Crippen molar-refractivity contribution in [3.8, 4) is 0 Å². The largest absolute Gasteiger partial charge is 0.329 e. The van der Waals surface area contributed by atoms with Crippen molar-refractivity contribution in [3.63, 3.8) is 0 Å². The average molecular weight is 385 g/mol. The van der Waals surface area contributed by atoms with Gasteiger partial charge in [-0.1, -0.05) is 19.9 Å². The Balaban J connectivity index is 0.00000484. The first kappa shape index (κ1) is 22.3. The minimum Gasteiger partial charge on any atom is -0.329 e. The maximum atomic E-state index is 12.5. The van der Waals surface area contributed by atoms with Crippen molar-refractivity contribution < 1.29 is 16.8 Å². The fraction of sp³-hybridized carbons (Fsp3) is 0.571. The van der Waals surface area contributed by atoms with Gasteiger partial charge >= 0.3 is 0 Å². The van der Waals surface area contributed by atoms with Gasteiger partial charge in [0, 0.05) is 18.3 Å². The highest BCUT2D eigenvalue weighted by molar-refractivity contribution is 7.91. The van der Waals surface area contributed by atoms with Gasteiger partial charge in [-0.2, -0.15) is 0 Å². The summed E-state index contributed by atoms with van der Waals surface area (Å²) in [5, 5.41) is 0. The Morgan fingerprint density at radius 1 is 1.17 bits per heavy atom. The van der Waals surface area contributed by atoms with Crippen LogP contribution in [-0.4, -0.2) is 35.2 Å². The Morgan fingerprint density at radius 3 is 2.13 bits per heavy atom. The molecule has 0 aromatic heterocycles. The van der Waals surface area contributed by atoms with Crippen LogP contribution < -0.4 is 10.5 Å². The third-order valence-electron chi connectivity index (χ3n) is 3.23. The van der Waals surface area contributed by atoms with Crippen molar-refractivity contribution in [1.29, 1.82) is 0 Å². The van der Waals surface area contributed by atoms with E-state index in [2.05, 4.69) is 4.72 Å². The predicted octanol–water partition coefficient (Wildman–Crippen LogP) is 1.55. The Morgan fingerprint density at radius 2 is 1.70 bits per heavy atom. The van der Waals surface area contributed by atoms with Gasteiger partial charge in [0.05, 0.1) is 9.79 Å². The molecule has 1 aromatic rings. The maximum absolute atomic E-state index is 12.5. The molecular weight excluding hydrogens is 360 g/mol. The molecule has 3 N–H and O–H groups in total. The number of nitrogens with two attached hydrogens (primary N) is 1. The van der Waals surface area contributed by atoms with Gasteiger partial charge in [-0.25, -0.2) is 21.6 Å². The molecule has 1 rings (SSSR count). The molecule has 6 nitrogen and oxygen atoms in total. The first-order chi connectivity index (χ1) is 9.89. The van der Waals surface area contributed by atoms with Gasteiger partial charge in [0.25, 0.3) is 0 Å². The van der Waals surface area contributed by atoms with Crippen molar-refractivity contribution in [1.82, 2.24) is 4.72 Å². The molecule has 0 bridgehead atoms. The predicted molar refractivity (Wildman–Crippen MR) is 94.0 cm³/mol. The molecule has 0 spiro atoms. The monoisotopic (exact) mass is 384 g/mol. The highest BCUT2D eigenvalue weighted by Crippen LogP contribution is 2.21. The molecule has 0 aliphatic rings. The van der Waals surface area contributed by atoms with Crippen molar-refractivity contribution in [2.24, 2.45) is 11.7 Å². The van der Waals surface area contributed by atoms with Crippen LogP contribution in [0.5, 0.6) is 0 Å². The van der Waals surface area contributed by atoms with E-state index in [0.717, 1.165) is 12.3 Å². The van der Waals surface area contributed by atoms with Crippen LogP contribution in [0.1, 0.15) is 27.2 Å². The Bertz CT molecular complexity index is 733. The van der Waals surface area contributed by atoms with Crippen molar-refractivity contribution >= 4 is 32.3 Å². The molecule has 134 valence electrons. The highest BCUT2D eigenvalue weighted by Gasteiger charge is 2.30. The lowest BCUT2D eigenvalue weighted by molar-refractivity contribution is 0.344. The van der Waals surface area contributed by atoms with E-state index in [1.807, 2.05) is 13.8 Å². The summed E-state index contributed by atoms with van der Waals surface area (Å²) < 4.78 is 50.7. The number of hydrogen-bond donors (Lipinski definition) is 2. The number of halogens is 1. The van der Waals surface area contributed by atoms with Crippen LogP contribution in [0.25, 0.3) is 0 Å². The summed E-state index contributed by atoms with van der Waals surface area (Å²) in [5.74, 6) is 0.263. The van der Waals surface area contributed by atoms with E-state index in [1.54, 1.807) is 6.92 Å². The number of nitrogens with one attached hydrogen (secondary N) is 1. The van der Waals surface area contributed by atoms with Crippen molar-refractivity contribution in [3.05, 3.63) is 24.3 Å². The van der Waals surface area contributed by atoms with E-state index in [-0.39, 0.29) is 34.7 Å². The quantitative estimate of drug-likeness (QED) is 0.741. The lowest BCUT2D eigenvalue weighted by Crippen LogP contribution is -2.51. The number of benzene rings is 1. The number of rotatable bonds is 7. The molecular formula is C14H25ClN2O4S2. The van der Waals surface area contributed by atoms with E-state index in [9.17, 15) is 16.8 Å². The summed E-state index contributed by atoms with van der Waals surface area (Å²) >= 11 is 0. The molecule has 9 heteroatoms. The summed E-state index contributed by atoms with van der Waals surface area (Å²) in [7, 11) is -7.32. The topological polar surface area (TPSA) is 106 Å². The van der Waals surface area contributed by atoms with Crippen LogP contribution in [0, 0.1) is 5.92 Å². The van der Waals surface area contributed by atoms with Crippen LogP contribution in [0.15, 0.2) is 34.1 Å². The van der Waals surface area contributed by atoms with Gasteiger partial charge in [0.15, 0.2) is 9.84 Å². The van der Waals surface area contributed by atoms with E-state index >= 15 is 0 Å². The second-order valence-electron chi connectivity index (χ2n) is 6.22. The zero-order valence-corrected chi connectivity index (χ0v) is 16.2. The third kappa shape index (κ3) is 6.39. The number of sulfone groups is 1. The molecule has 0 amide bonds. The Hall–Kier alpha value is -0.670. The van der Waals surface area contributed by atoms with Gasteiger partial charge in [-0.3, -0.25) is 0 Å². The molecule has 0 heterocycles. The summed E-state index contributed by atoms with van der Waals surface area (Å²) in [6, 6.07) is 5.30. The molecule has 0 saturated carbocycles. The van der Waals surface area contributed by atoms with E-state index in [4.69, 9.17) is 5.73 Å². The Labute approximate surface area is 145 Å². The molecule has 0 radical (unpaired) electrons. The van der Waals surface area contributed by atoms with Crippen LogP contribution in [0.3, 0.4) is 0 Å². The fourth-order valence-corrected chi connectivity index (χ4v) is 4.54. The minimum atomic E-state index is -3.85. The Kier molecular flexibility index (Phi) is 7.70. The molecule has 0 aliphatic heterocycles. The first-order valence-corrected chi connectivity index (χ1v) is 10.3. The van der Waals surface area contributed by atoms with Crippen LogP contribution >= 0.6 is 12.4 Å². The number of hydrogen-bond acceptors (Lipinski definition) is 5. The third-order valence-corrected chi connectivity index (χ3v) is 5.98. The van der Waals surface area contributed by atoms with Gasteiger partial charge in [0.2, 0.25) is 10.0 Å². The highest BCUT2D eigenvalue weighted by atomic mass is 35.5. The smallest absolute Gasteiger partial charge is 0.241 e. The molecule has 23 heavy (non-hydrogen) atoms. The minimum absolute atomic E-state index is 0. The summed E-state index contributed by atoms with van der Waals surface area (Å²) in [4.78, 5) is -0.118.